The van der Waals surface area contributed by atoms with Gasteiger partial charge in [0.15, 0.2) is 0 Å². The van der Waals surface area contributed by atoms with Crippen LogP contribution in [0.4, 0.5) is 0 Å². The quantitative estimate of drug-likeness (QED) is 0.741. The first-order chi connectivity index (χ1) is 8.56. The molecule has 1 amide bonds. The largest absolute Gasteiger partial charge is 0.508 e. The van der Waals surface area contributed by atoms with Crippen LogP contribution in [0.2, 0.25) is 0 Å². The summed E-state index contributed by atoms with van der Waals surface area (Å²) in [5, 5.41) is 21.5. The molecule has 0 saturated carbocycles. The topological polar surface area (TPSA) is 72.8 Å². The number of benzene rings is 1. The molecule has 1 aromatic rings. The van der Waals surface area contributed by atoms with Gasteiger partial charge in [-0.15, -0.1) is 0 Å². The van der Waals surface area contributed by atoms with Gasteiger partial charge in [-0.25, -0.2) is 0 Å². The summed E-state index contributed by atoms with van der Waals surface area (Å²) >= 11 is 0. The lowest BCUT2D eigenvalue weighted by Crippen LogP contribution is -2.30. The monoisotopic (exact) mass is 250 g/mol. The summed E-state index contributed by atoms with van der Waals surface area (Å²) in [5.74, 6) is -0.0854. The summed E-state index contributed by atoms with van der Waals surface area (Å²) in [4.78, 5) is 14.1. The van der Waals surface area contributed by atoms with Crippen molar-refractivity contribution >= 4 is 5.91 Å². The first-order valence-corrected chi connectivity index (χ1v) is 6.05. The third kappa shape index (κ3) is 2.92. The molecule has 18 heavy (non-hydrogen) atoms. The molecule has 1 saturated heterocycles. The van der Waals surface area contributed by atoms with Crippen molar-refractivity contribution in [3.05, 3.63) is 23.8 Å². The van der Waals surface area contributed by atoms with E-state index >= 15 is 0 Å². The molecule has 5 heteroatoms. The van der Waals surface area contributed by atoms with Crippen LogP contribution in [0.25, 0.3) is 0 Å². The molecule has 5 nitrogen and oxygen atoms in total. The highest BCUT2D eigenvalue weighted by Crippen LogP contribution is 2.22. The molecule has 3 N–H and O–H groups in total. The summed E-state index contributed by atoms with van der Waals surface area (Å²) in [6, 6.07) is 3.97. The Morgan fingerprint density at radius 3 is 2.89 bits per heavy atom. The van der Waals surface area contributed by atoms with E-state index in [4.69, 9.17) is 5.11 Å². The molecular formula is C13H18N2O3. The number of aromatic hydroxyl groups is 2. The third-order valence-corrected chi connectivity index (χ3v) is 3.27. The van der Waals surface area contributed by atoms with Crippen LogP contribution in [0.5, 0.6) is 11.5 Å². The fourth-order valence-electron chi connectivity index (χ4n) is 2.24. The lowest BCUT2D eigenvalue weighted by Gasteiger charge is -2.12. The Morgan fingerprint density at radius 1 is 1.50 bits per heavy atom. The van der Waals surface area contributed by atoms with E-state index in [1.807, 2.05) is 0 Å². The van der Waals surface area contributed by atoms with Gasteiger partial charge in [-0.2, -0.15) is 0 Å². The van der Waals surface area contributed by atoms with Crippen molar-refractivity contribution in [2.75, 3.05) is 26.7 Å². The maximum absolute atomic E-state index is 11.8. The normalized spacial score (nSPS) is 19.9. The number of rotatable bonds is 3. The van der Waals surface area contributed by atoms with Gasteiger partial charge >= 0.3 is 0 Å². The Bertz CT molecular complexity index is 448. The van der Waals surface area contributed by atoms with Crippen LogP contribution in [0.3, 0.4) is 0 Å². The number of nitrogens with zero attached hydrogens (tertiary/aromatic N) is 1. The number of nitrogens with one attached hydrogen (secondary N) is 1. The highest BCUT2D eigenvalue weighted by molar-refractivity contribution is 5.96. The number of carbonyl (C=O) groups excluding carboxylic acids is 1. The number of hydrogen-bond donors (Lipinski definition) is 3. The Balaban J connectivity index is 1.91. The van der Waals surface area contributed by atoms with Gasteiger partial charge in [-0.05, 0) is 38.1 Å². The molecule has 0 aliphatic carbocycles. The first kappa shape index (κ1) is 12.7. The summed E-state index contributed by atoms with van der Waals surface area (Å²) in [7, 11) is 2.06. The van der Waals surface area contributed by atoms with Crippen LogP contribution in [0, 0.1) is 5.92 Å². The number of carbonyl (C=O) groups is 1. The molecule has 1 aliphatic rings. The average Bonchev–Trinajstić information content (AvgIpc) is 2.72. The zero-order valence-electron chi connectivity index (χ0n) is 10.4. The van der Waals surface area contributed by atoms with E-state index in [1.54, 1.807) is 0 Å². The van der Waals surface area contributed by atoms with Crippen LogP contribution in [0.1, 0.15) is 16.8 Å². The molecule has 0 bridgehead atoms. The maximum atomic E-state index is 11.8. The Kier molecular flexibility index (Phi) is 3.72. The van der Waals surface area contributed by atoms with E-state index < -0.39 is 0 Å². The van der Waals surface area contributed by atoms with Gasteiger partial charge in [0, 0.05) is 19.2 Å². The molecule has 1 aromatic carbocycles. The predicted molar refractivity (Wildman–Crippen MR) is 67.7 cm³/mol. The predicted octanol–water partition coefficient (Wildman–Crippen LogP) is 0.779. The minimum Gasteiger partial charge on any atom is -0.508 e. The van der Waals surface area contributed by atoms with Crippen molar-refractivity contribution in [2.24, 2.45) is 5.92 Å². The minimum absolute atomic E-state index is 0.0542. The first-order valence-electron chi connectivity index (χ1n) is 6.05. The highest BCUT2D eigenvalue weighted by atomic mass is 16.3. The van der Waals surface area contributed by atoms with E-state index in [-0.39, 0.29) is 23.0 Å². The fourth-order valence-corrected chi connectivity index (χ4v) is 2.24. The molecule has 98 valence electrons. The Morgan fingerprint density at radius 2 is 2.28 bits per heavy atom. The summed E-state index contributed by atoms with van der Waals surface area (Å²) in [6.45, 7) is 2.66. The zero-order valence-corrected chi connectivity index (χ0v) is 10.4. The zero-order chi connectivity index (χ0) is 13.1. The van der Waals surface area contributed by atoms with Crippen molar-refractivity contribution in [3.8, 4) is 11.5 Å². The van der Waals surface area contributed by atoms with Gasteiger partial charge in [0.1, 0.15) is 11.5 Å². The van der Waals surface area contributed by atoms with Crippen molar-refractivity contribution in [1.29, 1.82) is 0 Å². The van der Waals surface area contributed by atoms with Gasteiger partial charge in [0.25, 0.3) is 5.91 Å². The van der Waals surface area contributed by atoms with E-state index in [2.05, 4.69) is 17.3 Å². The van der Waals surface area contributed by atoms with Crippen molar-refractivity contribution < 1.29 is 15.0 Å². The molecule has 1 atom stereocenters. The molecule has 1 aliphatic heterocycles. The van der Waals surface area contributed by atoms with E-state index in [0.717, 1.165) is 25.6 Å². The van der Waals surface area contributed by atoms with Crippen molar-refractivity contribution in [3.63, 3.8) is 0 Å². The standard InChI is InChI=1S/C13H18N2O3/c1-15-5-4-9(8-15)7-14-13(18)11-3-2-10(16)6-12(11)17/h2-3,6,9,16-17H,4-5,7-8H2,1H3,(H,14,18). The van der Waals surface area contributed by atoms with Crippen LogP contribution >= 0.6 is 0 Å². The number of hydrogen-bond acceptors (Lipinski definition) is 4. The summed E-state index contributed by atoms with van der Waals surface area (Å²) < 4.78 is 0. The van der Waals surface area contributed by atoms with Crippen LogP contribution in [-0.4, -0.2) is 47.7 Å². The van der Waals surface area contributed by atoms with Crippen molar-refractivity contribution in [2.45, 2.75) is 6.42 Å². The van der Waals surface area contributed by atoms with Crippen LogP contribution < -0.4 is 5.32 Å². The lowest BCUT2D eigenvalue weighted by molar-refractivity contribution is 0.0945. The molecule has 0 radical (unpaired) electrons. The van der Waals surface area contributed by atoms with Gasteiger partial charge in [0.2, 0.25) is 0 Å². The second-order valence-electron chi connectivity index (χ2n) is 4.83. The number of phenols is 2. The number of phenolic OH excluding ortho intramolecular Hbond substituents is 2. The smallest absolute Gasteiger partial charge is 0.255 e. The second kappa shape index (κ2) is 5.27. The Labute approximate surface area is 106 Å². The van der Waals surface area contributed by atoms with Crippen LogP contribution in [-0.2, 0) is 0 Å². The molecule has 2 rings (SSSR count). The number of amides is 1. The van der Waals surface area contributed by atoms with E-state index in [0.29, 0.717) is 12.5 Å². The Hall–Kier alpha value is -1.75. The van der Waals surface area contributed by atoms with Gasteiger partial charge in [-0.3, -0.25) is 4.79 Å². The molecule has 0 aromatic heterocycles. The minimum atomic E-state index is -0.304. The molecule has 0 spiro atoms. The van der Waals surface area contributed by atoms with Gasteiger partial charge < -0.3 is 20.4 Å². The second-order valence-corrected chi connectivity index (χ2v) is 4.83. The SMILES string of the molecule is CN1CCC(CNC(=O)c2ccc(O)cc2O)C1. The molecular weight excluding hydrogens is 232 g/mol. The molecule has 1 heterocycles. The van der Waals surface area contributed by atoms with Crippen LogP contribution in [0.15, 0.2) is 18.2 Å². The summed E-state index contributed by atoms with van der Waals surface area (Å²) in [5.41, 5.74) is 0.194. The van der Waals surface area contributed by atoms with Gasteiger partial charge in [0.05, 0.1) is 5.56 Å². The fraction of sp³-hybridized carbons (Fsp3) is 0.462. The van der Waals surface area contributed by atoms with E-state index in [9.17, 15) is 9.90 Å². The third-order valence-electron chi connectivity index (χ3n) is 3.27. The van der Waals surface area contributed by atoms with Crippen molar-refractivity contribution in [1.82, 2.24) is 10.2 Å². The molecule has 1 unspecified atom stereocenters. The summed E-state index contributed by atoms with van der Waals surface area (Å²) in [6.07, 6.45) is 1.08. The number of likely N-dealkylation sites (tertiary alicyclic amines) is 1. The highest BCUT2D eigenvalue weighted by Gasteiger charge is 2.20. The van der Waals surface area contributed by atoms with E-state index in [1.165, 1.54) is 12.1 Å². The maximum Gasteiger partial charge on any atom is 0.255 e. The van der Waals surface area contributed by atoms with Gasteiger partial charge in [-0.1, -0.05) is 0 Å². The average molecular weight is 250 g/mol. The molecule has 1 fully saturated rings. The lowest BCUT2D eigenvalue weighted by atomic mass is 10.1.